The normalized spacial score (nSPS) is 15.8. The molecule has 0 nitrogen and oxygen atoms in total. The average Bonchev–Trinajstić information content (AvgIpc) is 1.69. The summed E-state index contributed by atoms with van der Waals surface area (Å²) >= 11 is 0. The van der Waals surface area contributed by atoms with Crippen molar-refractivity contribution in [3.63, 3.8) is 0 Å². The Labute approximate surface area is 67.6 Å². The maximum absolute atomic E-state index is 3.72. The van der Waals surface area contributed by atoms with E-state index in [1.165, 1.54) is 0 Å². The fourth-order valence-corrected chi connectivity index (χ4v) is 0.478. The van der Waals surface area contributed by atoms with E-state index in [2.05, 4.69) is 6.58 Å². The molecule has 0 aromatic carbocycles. The van der Waals surface area contributed by atoms with Gasteiger partial charge in [-0.2, -0.15) is 0 Å². The molecule has 0 spiro atoms. The van der Waals surface area contributed by atoms with Crippen molar-refractivity contribution in [1.29, 1.82) is 0 Å². The van der Waals surface area contributed by atoms with Crippen LogP contribution in [-0.2, 0) is 0 Å². The number of hydrogen-bond acceptors (Lipinski definition) is 0. The van der Waals surface area contributed by atoms with E-state index < -0.39 is 0 Å². The van der Waals surface area contributed by atoms with Crippen molar-refractivity contribution in [2.45, 2.75) is 0 Å². The highest BCUT2D eigenvalue weighted by atomic mass is 24.3. The van der Waals surface area contributed by atoms with Crippen LogP contribution in [-0.4, -0.2) is 23.1 Å². The zero-order chi connectivity index (χ0) is 5.11. The highest BCUT2D eigenvalue weighted by Gasteiger charge is 1.85. The summed E-state index contributed by atoms with van der Waals surface area (Å²) in [7, 11) is 0. The van der Waals surface area contributed by atoms with Crippen LogP contribution in [0.3, 0.4) is 0 Å². The molecular weight excluding hydrogens is 108 g/mol. The number of hydrogen-bond donors (Lipinski definition) is 0. The Hall–Kier alpha value is -0.0138. The molecule has 0 aromatic heterocycles. The summed E-state index contributed by atoms with van der Waals surface area (Å²) in [6, 6.07) is 0. The van der Waals surface area contributed by atoms with Crippen molar-refractivity contribution in [1.82, 2.24) is 0 Å². The molecule has 0 unspecified atom stereocenters. The summed E-state index contributed by atoms with van der Waals surface area (Å²) in [5, 5.41) is 0. The third kappa shape index (κ3) is 2.33. The predicted molar refractivity (Wildman–Crippen MR) is 39.6 cm³/mol. The second-order valence-electron chi connectivity index (χ2n) is 1.49. The summed E-state index contributed by atoms with van der Waals surface area (Å²) < 4.78 is 0. The van der Waals surface area contributed by atoms with Gasteiger partial charge in [0.2, 0.25) is 0 Å². The van der Waals surface area contributed by atoms with Crippen molar-refractivity contribution in [2.75, 3.05) is 0 Å². The van der Waals surface area contributed by atoms with Crippen LogP contribution < -0.4 is 0 Å². The standard InChI is InChI=1S/C7H7.Mg.H2/c1-7-5-3-2-4-6-7;;/h2-6H,1H2;;1H. The molecule has 1 aliphatic rings. The Morgan fingerprint density at radius 3 is 2.25 bits per heavy atom. The molecule has 0 heterocycles. The molecule has 39 valence electrons. The van der Waals surface area contributed by atoms with E-state index in [4.69, 9.17) is 0 Å². The summed E-state index contributed by atoms with van der Waals surface area (Å²) in [6.07, 6.45) is 9.87. The molecule has 0 N–H and O–H groups in total. The van der Waals surface area contributed by atoms with Crippen LogP contribution in [0.15, 0.2) is 36.5 Å². The van der Waals surface area contributed by atoms with Crippen molar-refractivity contribution in [2.24, 2.45) is 0 Å². The molecule has 3 radical (unpaired) electrons. The van der Waals surface area contributed by atoms with Crippen molar-refractivity contribution >= 4 is 23.1 Å². The average molecular weight is 117 g/mol. The molecule has 1 aliphatic carbocycles. The van der Waals surface area contributed by atoms with Crippen molar-refractivity contribution in [3.05, 3.63) is 42.9 Å². The molecular formula is C7H9Mg. The Bertz CT molecular complexity index is 136. The second-order valence-corrected chi connectivity index (χ2v) is 1.49. The Balaban J connectivity index is 0. The summed E-state index contributed by atoms with van der Waals surface area (Å²) in [5.41, 5.74) is 1.07. The highest BCUT2D eigenvalue weighted by molar-refractivity contribution is 5.75. The van der Waals surface area contributed by atoms with E-state index in [0.717, 1.165) is 5.57 Å². The van der Waals surface area contributed by atoms with Crippen molar-refractivity contribution < 1.29 is 1.43 Å². The summed E-state index contributed by atoms with van der Waals surface area (Å²) in [5.74, 6) is 0. The van der Waals surface area contributed by atoms with Gasteiger partial charge in [-0.1, -0.05) is 30.9 Å². The van der Waals surface area contributed by atoms with Gasteiger partial charge >= 0.3 is 0 Å². The topological polar surface area (TPSA) is 0 Å². The van der Waals surface area contributed by atoms with Crippen LogP contribution in [0.2, 0.25) is 0 Å². The lowest BCUT2D eigenvalue weighted by Crippen LogP contribution is -1.75. The van der Waals surface area contributed by atoms with E-state index in [9.17, 15) is 0 Å². The van der Waals surface area contributed by atoms with Crippen LogP contribution in [0.4, 0.5) is 0 Å². The fraction of sp³-hybridized carbons (Fsp3) is 0. The predicted octanol–water partition coefficient (Wildman–Crippen LogP) is 1.74. The van der Waals surface area contributed by atoms with E-state index in [-0.39, 0.29) is 24.5 Å². The minimum Gasteiger partial charge on any atom is -0.0952 e. The molecule has 0 saturated heterocycles. The Morgan fingerprint density at radius 2 is 2.00 bits per heavy atom. The van der Waals surface area contributed by atoms with Gasteiger partial charge in [0.15, 0.2) is 0 Å². The van der Waals surface area contributed by atoms with Gasteiger partial charge in [-0.15, -0.1) is 0 Å². The highest BCUT2D eigenvalue weighted by Crippen LogP contribution is 2.03. The molecule has 0 aliphatic heterocycles. The third-order valence-electron chi connectivity index (χ3n) is 0.843. The monoisotopic (exact) mass is 117 g/mol. The number of allylic oxidation sites excluding steroid dienone is 5. The third-order valence-corrected chi connectivity index (χ3v) is 0.843. The van der Waals surface area contributed by atoms with Gasteiger partial charge in [0.1, 0.15) is 0 Å². The van der Waals surface area contributed by atoms with Crippen LogP contribution in [0.1, 0.15) is 1.43 Å². The first-order valence-electron chi connectivity index (χ1n) is 2.26. The van der Waals surface area contributed by atoms with Gasteiger partial charge in [-0.25, -0.2) is 0 Å². The maximum Gasteiger partial charge on any atom is 0.0119 e. The molecule has 1 rings (SSSR count). The lowest BCUT2D eigenvalue weighted by molar-refractivity contribution is 1.56. The molecule has 0 amide bonds. The first-order chi connectivity index (χ1) is 3.39. The lowest BCUT2D eigenvalue weighted by Gasteiger charge is -1.94. The van der Waals surface area contributed by atoms with Crippen LogP contribution >= 0.6 is 0 Å². The Morgan fingerprint density at radius 1 is 1.25 bits per heavy atom. The minimum atomic E-state index is 0. The quantitative estimate of drug-likeness (QED) is 0.424. The first kappa shape index (κ1) is 7.99. The zero-order valence-electron chi connectivity index (χ0n) is 4.80. The second kappa shape index (κ2) is 3.93. The van der Waals surface area contributed by atoms with E-state index >= 15 is 0 Å². The maximum atomic E-state index is 3.72. The number of rotatable bonds is 0. The minimum absolute atomic E-state index is 0. The first-order valence-corrected chi connectivity index (χ1v) is 2.26. The fourth-order valence-electron chi connectivity index (χ4n) is 0.478. The van der Waals surface area contributed by atoms with Crippen LogP contribution in [0, 0.1) is 6.42 Å². The van der Waals surface area contributed by atoms with Gasteiger partial charge in [-0.05, 0) is 5.57 Å². The van der Waals surface area contributed by atoms with Gasteiger partial charge in [0.05, 0.1) is 0 Å². The summed E-state index contributed by atoms with van der Waals surface area (Å²) in [4.78, 5) is 0. The van der Waals surface area contributed by atoms with Crippen molar-refractivity contribution in [3.8, 4) is 0 Å². The molecule has 0 atom stereocenters. The Kier molecular flexibility index (Phi) is 3.92. The molecule has 0 aromatic rings. The molecule has 0 bridgehead atoms. The lowest BCUT2D eigenvalue weighted by atomic mass is 10.1. The molecule has 0 saturated carbocycles. The van der Waals surface area contributed by atoms with E-state index in [1.54, 1.807) is 0 Å². The zero-order valence-corrected chi connectivity index (χ0v) is 6.22. The van der Waals surface area contributed by atoms with E-state index in [0.29, 0.717) is 0 Å². The van der Waals surface area contributed by atoms with Crippen LogP contribution in [0.5, 0.6) is 0 Å². The summed E-state index contributed by atoms with van der Waals surface area (Å²) in [6.45, 7) is 3.72. The van der Waals surface area contributed by atoms with Gasteiger partial charge < -0.3 is 0 Å². The largest absolute Gasteiger partial charge is 0.0952 e. The van der Waals surface area contributed by atoms with Gasteiger partial charge in [0.25, 0.3) is 0 Å². The molecule has 1 heteroatoms. The van der Waals surface area contributed by atoms with Gasteiger partial charge in [-0.3, -0.25) is 0 Å². The van der Waals surface area contributed by atoms with Gasteiger partial charge in [0, 0.05) is 30.9 Å². The van der Waals surface area contributed by atoms with E-state index in [1.807, 2.05) is 30.7 Å². The SMILES string of the molecule is C=C1[CH]C=CC=C1.[HH].[Mg]. The van der Waals surface area contributed by atoms with Crippen LogP contribution in [0.25, 0.3) is 0 Å². The molecule has 8 heavy (non-hydrogen) atoms. The smallest absolute Gasteiger partial charge is 0.0119 e. The molecule has 0 fully saturated rings.